The van der Waals surface area contributed by atoms with Gasteiger partial charge < -0.3 is 0 Å². The predicted octanol–water partition coefficient (Wildman–Crippen LogP) is 5.73. The van der Waals surface area contributed by atoms with Crippen LogP contribution in [0.3, 0.4) is 0 Å². The van der Waals surface area contributed by atoms with Gasteiger partial charge in [-0.15, -0.1) is 0 Å². The molecule has 3 aromatic rings. The maximum atomic E-state index is 13.7. The fourth-order valence-electron chi connectivity index (χ4n) is 3.05. The van der Waals surface area contributed by atoms with E-state index in [1.165, 1.54) is 6.07 Å². The van der Waals surface area contributed by atoms with Crippen molar-refractivity contribution < 1.29 is 8.60 Å². The van der Waals surface area contributed by atoms with Gasteiger partial charge in [-0.3, -0.25) is 4.21 Å². The van der Waals surface area contributed by atoms with Crippen LogP contribution in [0.2, 0.25) is 0 Å². The molecule has 3 rings (SSSR count). The van der Waals surface area contributed by atoms with Crippen LogP contribution in [0.5, 0.6) is 0 Å². The Kier molecular flexibility index (Phi) is 5.14. The number of rotatable bonds is 4. The van der Waals surface area contributed by atoms with Crippen molar-refractivity contribution in [2.45, 2.75) is 31.4 Å². The molecule has 0 heterocycles. The van der Waals surface area contributed by atoms with Crippen molar-refractivity contribution in [1.29, 1.82) is 0 Å². The monoisotopic (exact) mass is 352 g/mol. The van der Waals surface area contributed by atoms with Gasteiger partial charge in [0.25, 0.3) is 0 Å². The summed E-state index contributed by atoms with van der Waals surface area (Å²) in [5.41, 5.74) is 5.92. The van der Waals surface area contributed by atoms with Crippen LogP contribution in [0.4, 0.5) is 4.39 Å². The molecule has 0 amide bonds. The zero-order chi connectivity index (χ0) is 18.0. The third-order valence-corrected chi connectivity index (χ3v) is 5.72. The second-order valence-corrected chi connectivity index (χ2v) is 7.83. The van der Waals surface area contributed by atoms with Crippen molar-refractivity contribution in [3.05, 3.63) is 88.7 Å². The second kappa shape index (κ2) is 7.32. The molecule has 3 aromatic carbocycles. The normalized spacial score (nSPS) is 12.2. The van der Waals surface area contributed by atoms with E-state index in [1.807, 2.05) is 50.2 Å². The Bertz CT molecular complexity index is 932. The van der Waals surface area contributed by atoms with E-state index in [9.17, 15) is 8.60 Å². The molecule has 128 valence electrons. The van der Waals surface area contributed by atoms with E-state index in [4.69, 9.17) is 0 Å². The Morgan fingerprint density at radius 1 is 0.880 bits per heavy atom. The molecule has 0 aliphatic heterocycles. The van der Waals surface area contributed by atoms with Gasteiger partial charge in [0.1, 0.15) is 5.82 Å². The lowest BCUT2D eigenvalue weighted by Gasteiger charge is -2.15. The molecule has 0 bridgehead atoms. The van der Waals surface area contributed by atoms with Crippen molar-refractivity contribution >= 4 is 10.8 Å². The maximum absolute atomic E-state index is 13.7. The molecule has 0 aliphatic rings. The van der Waals surface area contributed by atoms with Crippen molar-refractivity contribution in [2.24, 2.45) is 0 Å². The van der Waals surface area contributed by atoms with Crippen molar-refractivity contribution in [3.8, 4) is 11.1 Å². The topological polar surface area (TPSA) is 17.1 Å². The Morgan fingerprint density at radius 2 is 1.60 bits per heavy atom. The highest BCUT2D eigenvalue weighted by Gasteiger charge is 2.14. The number of aryl methyl sites for hydroxylation is 3. The summed E-state index contributed by atoms with van der Waals surface area (Å²) in [4.78, 5) is 0.823. The van der Waals surface area contributed by atoms with Crippen molar-refractivity contribution in [2.75, 3.05) is 0 Å². The van der Waals surface area contributed by atoms with Gasteiger partial charge in [0.05, 0.1) is 16.6 Å². The van der Waals surface area contributed by atoms with Gasteiger partial charge in [0.2, 0.25) is 0 Å². The van der Waals surface area contributed by atoms with Gasteiger partial charge in [-0.05, 0) is 72.9 Å². The third kappa shape index (κ3) is 3.88. The van der Waals surface area contributed by atoms with Crippen molar-refractivity contribution in [1.82, 2.24) is 0 Å². The van der Waals surface area contributed by atoms with Crippen LogP contribution in [0.1, 0.15) is 22.3 Å². The van der Waals surface area contributed by atoms with Gasteiger partial charge in [0.15, 0.2) is 0 Å². The van der Waals surface area contributed by atoms with Crippen LogP contribution in [0.15, 0.2) is 65.6 Å². The van der Waals surface area contributed by atoms with E-state index in [2.05, 4.69) is 12.1 Å². The molecular weight excluding hydrogens is 331 g/mol. The largest absolute Gasteiger partial charge is 0.254 e. The molecular formula is C22H21FOS. The summed E-state index contributed by atoms with van der Waals surface area (Å²) in [6.07, 6.45) is 0. The lowest BCUT2D eigenvalue weighted by Crippen LogP contribution is -2.02. The summed E-state index contributed by atoms with van der Waals surface area (Å²) in [5.74, 6) is 0.240. The summed E-state index contributed by atoms with van der Waals surface area (Å²) in [5, 5.41) is 0. The van der Waals surface area contributed by atoms with Crippen LogP contribution in [0, 0.1) is 26.6 Å². The van der Waals surface area contributed by atoms with Gasteiger partial charge >= 0.3 is 0 Å². The molecule has 0 spiro atoms. The standard InChI is InChI=1S/C22H21FOS/c1-15-11-16(2)21(14-25(24)19-7-5-4-6-8-19)20(12-15)18-9-10-22(23)17(3)13-18/h4-13H,14H2,1-3H3. The molecule has 1 nitrogen and oxygen atoms in total. The predicted molar refractivity (Wildman–Crippen MR) is 103 cm³/mol. The summed E-state index contributed by atoms with van der Waals surface area (Å²) in [7, 11) is -1.12. The van der Waals surface area contributed by atoms with E-state index in [-0.39, 0.29) is 5.82 Å². The van der Waals surface area contributed by atoms with Crippen LogP contribution < -0.4 is 0 Å². The Labute approximate surface area is 151 Å². The molecule has 0 radical (unpaired) electrons. The minimum absolute atomic E-state index is 0.206. The highest BCUT2D eigenvalue weighted by atomic mass is 32.2. The smallest absolute Gasteiger partial charge is 0.126 e. The first kappa shape index (κ1) is 17.6. The minimum atomic E-state index is -1.12. The van der Waals surface area contributed by atoms with Crippen LogP contribution in [-0.4, -0.2) is 4.21 Å². The number of benzene rings is 3. The first-order valence-corrected chi connectivity index (χ1v) is 9.57. The second-order valence-electron chi connectivity index (χ2n) is 6.37. The fourth-order valence-corrected chi connectivity index (χ4v) is 4.32. The number of halogens is 1. The van der Waals surface area contributed by atoms with Crippen molar-refractivity contribution in [3.63, 3.8) is 0 Å². The lowest BCUT2D eigenvalue weighted by atomic mass is 9.94. The average Bonchev–Trinajstić information content (AvgIpc) is 2.60. The average molecular weight is 352 g/mol. The molecule has 1 atom stereocenters. The van der Waals surface area contributed by atoms with E-state index in [0.29, 0.717) is 11.3 Å². The highest BCUT2D eigenvalue weighted by Crippen LogP contribution is 2.31. The first-order valence-electron chi connectivity index (χ1n) is 8.26. The highest BCUT2D eigenvalue weighted by molar-refractivity contribution is 7.84. The number of hydrogen-bond acceptors (Lipinski definition) is 1. The van der Waals surface area contributed by atoms with Crippen LogP contribution in [-0.2, 0) is 16.6 Å². The Hall–Kier alpha value is -2.26. The molecule has 0 N–H and O–H groups in total. The zero-order valence-corrected chi connectivity index (χ0v) is 15.5. The Balaban J connectivity index is 2.07. The van der Waals surface area contributed by atoms with Crippen LogP contribution >= 0.6 is 0 Å². The van der Waals surface area contributed by atoms with Gasteiger partial charge in [-0.1, -0.05) is 42.0 Å². The van der Waals surface area contributed by atoms with E-state index in [1.54, 1.807) is 13.0 Å². The molecule has 0 fully saturated rings. The van der Waals surface area contributed by atoms with E-state index in [0.717, 1.165) is 32.7 Å². The molecule has 1 unspecified atom stereocenters. The van der Waals surface area contributed by atoms with E-state index >= 15 is 0 Å². The summed E-state index contributed by atoms with van der Waals surface area (Å²) >= 11 is 0. The summed E-state index contributed by atoms with van der Waals surface area (Å²) < 4.78 is 26.5. The minimum Gasteiger partial charge on any atom is -0.254 e. The Morgan fingerprint density at radius 3 is 2.28 bits per heavy atom. The number of hydrogen-bond donors (Lipinski definition) is 0. The summed E-state index contributed by atoms with van der Waals surface area (Å²) in [6.45, 7) is 5.86. The molecule has 3 heteroatoms. The van der Waals surface area contributed by atoms with Gasteiger partial charge in [-0.2, -0.15) is 0 Å². The van der Waals surface area contributed by atoms with E-state index < -0.39 is 10.8 Å². The van der Waals surface area contributed by atoms with Gasteiger partial charge in [0, 0.05) is 4.90 Å². The molecule has 0 aliphatic carbocycles. The molecule has 0 saturated carbocycles. The quantitative estimate of drug-likeness (QED) is 0.586. The van der Waals surface area contributed by atoms with Gasteiger partial charge in [-0.25, -0.2) is 4.39 Å². The SMILES string of the molecule is Cc1cc(C)c(CS(=O)c2ccccc2)c(-c2ccc(F)c(C)c2)c1. The molecule has 0 saturated heterocycles. The third-order valence-electron chi connectivity index (χ3n) is 4.37. The lowest BCUT2D eigenvalue weighted by molar-refractivity contribution is 0.619. The first-order chi connectivity index (χ1) is 12.0. The van der Waals surface area contributed by atoms with Crippen LogP contribution in [0.25, 0.3) is 11.1 Å². The molecule has 25 heavy (non-hydrogen) atoms. The zero-order valence-electron chi connectivity index (χ0n) is 14.7. The maximum Gasteiger partial charge on any atom is 0.126 e. The fraction of sp³-hybridized carbons (Fsp3) is 0.182. The molecule has 0 aromatic heterocycles. The summed E-state index contributed by atoms with van der Waals surface area (Å²) in [6, 6.07) is 18.9.